The molecule has 2 atom stereocenters. The van der Waals surface area contributed by atoms with Crippen molar-refractivity contribution in [1.29, 1.82) is 0 Å². The number of aromatic nitrogens is 1. The van der Waals surface area contributed by atoms with Crippen LogP contribution in [-0.2, 0) is 25.5 Å². The molecule has 2 aromatic rings. The molecule has 1 aromatic carbocycles. The van der Waals surface area contributed by atoms with E-state index in [9.17, 15) is 14.4 Å². The second-order valence-corrected chi connectivity index (χ2v) is 6.92. The number of carbonyl (C=O) groups is 3. The van der Waals surface area contributed by atoms with Crippen molar-refractivity contribution in [2.45, 2.75) is 32.2 Å². The Morgan fingerprint density at radius 1 is 1.29 bits per heavy atom. The Kier molecular flexibility index (Phi) is 5.84. The molecule has 2 bridgehead atoms. The van der Waals surface area contributed by atoms with Crippen molar-refractivity contribution in [2.24, 2.45) is 11.7 Å². The Bertz CT molecular complexity index is 926. The number of benzene rings is 1. The van der Waals surface area contributed by atoms with Crippen molar-refractivity contribution in [3.63, 3.8) is 0 Å². The molecule has 1 aromatic heterocycles. The number of methoxy groups -OCH3 is 1. The lowest BCUT2D eigenvalue weighted by atomic mass is 9.94. The summed E-state index contributed by atoms with van der Waals surface area (Å²) in [5.41, 5.74) is 9.73. The molecule has 28 heavy (non-hydrogen) atoms. The van der Waals surface area contributed by atoms with E-state index in [2.05, 4.69) is 10.3 Å². The monoisotopic (exact) mass is 381 g/mol. The molecule has 0 aliphatic carbocycles. The largest absolute Gasteiger partial charge is 0.469 e. The standard InChI is InChI=1S/C21H23N3O4/c1-12-19(25)6-5-16(22)18-11-14(7-8-23-18)15-4-3-13(10-20(26)28-2)9-17(15)24-21(12)27/h3-4,7-9,11-12,16H,5-6,10,22H2,1-2H3,(H,24,27)/t12-,16+/m1/s1. The highest BCUT2D eigenvalue weighted by molar-refractivity contribution is 6.08. The number of ether oxygens (including phenoxy) is 1. The first kappa shape index (κ1) is 19.7. The number of ketones is 1. The first-order valence-electron chi connectivity index (χ1n) is 9.14. The molecule has 3 rings (SSSR count). The summed E-state index contributed by atoms with van der Waals surface area (Å²) in [6.07, 6.45) is 2.38. The van der Waals surface area contributed by atoms with Gasteiger partial charge in [-0.3, -0.25) is 19.4 Å². The SMILES string of the molecule is COC(=O)Cc1ccc2c(c1)NC(=O)[C@H](C)C(=O)CC[C@H](N)c1cc-2ccn1. The molecule has 146 valence electrons. The minimum Gasteiger partial charge on any atom is -0.469 e. The van der Waals surface area contributed by atoms with Gasteiger partial charge in [-0.05, 0) is 42.7 Å². The van der Waals surface area contributed by atoms with Crippen LogP contribution in [0.25, 0.3) is 11.1 Å². The van der Waals surface area contributed by atoms with E-state index in [4.69, 9.17) is 10.5 Å². The van der Waals surface area contributed by atoms with E-state index in [1.807, 2.05) is 24.3 Å². The molecular formula is C21H23N3O4. The van der Waals surface area contributed by atoms with E-state index in [1.165, 1.54) is 7.11 Å². The van der Waals surface area contributed by atoms with Gasteiger partial charge in [0, 0.05) is 29.9 Å². The van der Waals surface area contributed by atoms with Crippen molar-refractivity contribution in [2.75, 3.05) is 12.4 Å². The van der Waals surface area contributed by atoms with E-state index in [1.54, 1.807) is 19.2 Å². The van der Waals surface area contributed by atoms with Crippen molar-refractivity contribution >= 4 is 23.3 Å². The number of hydrogen-bond donors (Lipinski definition) is 2. The highest BCUT2D eigenvalue weighted by atomic mass is 16.5. The quantitative estimate of drug-likeness (QED) is 0.610. The van der Waals surface area contributed by atoms with Gasteiger partial charge < -0.3 is 15.8 Å². The van der Waals surface area contributed by atoms with Gasteiger partial charge >= 0.3 is 5.97 Å². The fourth-order valence-electron chi connectivity index (χ4n) is 3.16. The number of hydrogen-bond acceptors (Lipinski definition) is 6. The molecule has 0 spiro atoms. The zero-order valence-corrected chi connectivity index (χ0v) is 15.9. The summed E-state index contributed by atoms with van der Waals surface area (Å²) in [6, 6.07) is 8.68. The highest BCUT2D eigenvalue weighted by Gasteiger charge is 2.24. The molecule has 0 radical (unpaired) electrons. The predicted molar refractivity (Wildman–Crippen MR) is 104 cm³/mol. The van der Waals surface area contributed by atoms with Gasteiger partial charge in [0.05, 0.1) is 25.1 Å². The second-order valence-electron chi connectivity index (χ2n) is 6.92. The number of nitrogens with two attached hydrogens (primary N) is 1. The molecule has 0 fully saturated rings. The summed E-state index contributed by atoms with van der Waals surface area (Å²) < 4.78 is 4.72. The normalized spacial score (nSPS) is 19.7. The van der Waals surface area contributed by atoms with E-state index in [0.717, 1.165) is 11.1 Å². The van der Waals surface area contributed by atoms with Gasteiger partial charge in [-0.1, -0.05) is 12.1 Å². The minimum atomic E-state index is -0.796. The lowest BCUT2D eigenvalue weighted by Gasteiger charge is -2.19. The van der Waals surface area contributed by atoms with Crippen LogP contribution in [0.1, 0.15) is 37.1 Å². The maximum Gasteiger partial charge on any atom is 0.309 e. The van der Waals surface area contributed by atoms with E-state index < -0.39 is 5.92 Å². The Morgan fingerprint density at radius 2 is 2.07 bits per heavy atom. The smallest absolute Gasteiger partial charge is 0.309 e. The summed E-state index contributed by atoms with van der Waals surface area (Å²) in [6.45, 7) is 1.59. The number of esters is 1. The van der Waals surface area contributed by atoms with Crippen LogP contribution in [0, 0.1) is 5.92 Å². The number of nitrogens with one attached hydrogen (secondary N) is 1. The van der Waals surface area contributed by atoms with E-state index in [0.29, 0.717) is 23.4 Å². The maximum atomic E-state index is 12.6. The molecule has 0 saturated heterocycles. The number of carbonyl (C=O) groups excluding carboxylic acids is 3. The first-order valence-corrected chi connectivity index (χ1v) is 9.14. The van der Waals surface area contributed by atoms with Crippen LogP contribution in [0.5, 0.6) is 0 Å². The molecule has 2 heterocycles. The van der Waals surface area contributed by atoms with Gasteiger partial charge in [-0.2, -0.15) is 0 Å². The second kappa shape index (κ2) is 8.31. The number of rotatable bonds is 2. The molecule has 0 unspecified atom stereocenters. The summed E-state index contributed by atoms with van der Waals surface area (Å²) in [7, 11) is 1.33. The fourth-order valence-corrected chi connectivity index (χ4v) is 3.16. The van der Waals surface area contributed by atoms with Crippen molar-refractivity contribution in [3.8, 4) is 11.1 Å². The number of Topliss-reactive ketones (excluding diaryl/α,β-unsaturated/α-hetero) is 1. The molecule has 7 heteroatoms. The Morgan fingerprint density at radius 3 is 2.82 bits per heavy atom. The van der Waals surface area contributed by atoms with Crippen LogP contribution in [0.2, 0.25) is 0 Å². The molecule has 1 amide bonds. The van der Waals surface area contributed by atoms with Crippen LogP contribution in [0.15, 0.2) is 36.5 Å². The van der Waals surface area contributed by atoms with E-state index in [-0.39, 0.29) is 36.5 Å². The fraction of sp³-hybridized carbons (Fsp3) is 0.333. The third kappa shape index (κ3) is 4.26. The number of amides is 1. The van der Waals surface area contributed by atoms with Crippen LogP contribution < -0.4 is 11.1 Å². The van der Waals surface area contributed by atoms with Crippen LogP contribution in [0.3, 0.4) is 0 Å². The molecule has 0 saturated carbocycles. The van der Waals surface area contributed by atoms with Crippen LogP contribution in [0.4, 0.5) is 5.69 Å². The third-order valence-corrected chi connectivity index (χ3v) is 4.97. The van der Waals surface area contributed by atoms with Gasteiger partial charge in [0.2, 0.25) is 5.91 Å². The van der Waals surface area contributed by atoms with Gasteiger partial charge in [0.1, 0.15) is 5.78 Å². The zero-order valence-electron chi connectivity index (χ0n) is 15.9. The summed E-state index contributed by atoms with van der Waals surface area (Å²) in [5.74, 6) is -1.72. The number of fused-ring (bicyclic) bond motifs is 4. The van der Waals surface area contributed by atoms with Gasteiger partial charge in [0.25, 0.3) is 0 Å². The van der Waals surface area contributed by atoms with Crippen LogP contribution >= 0.6 is 0 Å². The lowest BCUT2D eigenvalue weighted by Crippen LogP contribution is -2.28. The molecule has 3 N–H and O–H groups in total. The first-order chi connectivity index (χ1) is 13.4. The zero-order chi connectivity index (χ0) is 20.3. The summed E-state index contributed by atoms with van der Waals surface area (Å²) in [5, 5.41) is 2.85. The minimum absolute atomic E-state index is 0.0839. The van der Waals surface area contributed by atoms with Crippen LogP contribution in [-0.4, -0.2) is 29.8 Å². The van der Waals surface area contributed by atoms with E-state index >= 15 is 0 Å². The average molecular weight is 381 g/mol. The topological polar surface area (TPSA) is 111 Å². The molecule has 7 nitrogen and oxygen atoms in total. The third-order valence-electron chi connectivity index (χ3n) is 4.97. The maximum absolute atomic E-state index is 12.6. The van der Waals surface area contributed by atoms with Crippen molar-refractivity contribution in [1.82, 2.24) is 4.98 Å². The Labute approximate surface area is 163 Å². The molecule has 1 aliphatic heterocycles. The lowest BCUT2D eigenvalue weighted by molar-refractivity contribution is -0.139. The number of anilines is 1. The average Bonchev–Trinajstić information content (AvgIpc) is 2.70. The Hall–Kier alpha value is -3.06. The van der Waals surface area contributed by atoms with Gasteiger partial charge in [-0.25, -0.2) is 0 Å². The Balaban J connectivity index is 2.10. The summed E-state index contributed by atoms with van der Waals surface area (Å²) in [4.78, 5) is 41.0. The van der Waals surface area contributed by atoms with Gasteiger partial charge in [0.15, 0.2) is 0 Å². The number of nitrogens with zero attached hydrogens (tertiary/aromatic N) is 1. The van der Waals surface area contributed by atoms with Crippen molar-refractivity contribution in [3.05, 3.63) is 47.8 Å². The highest BCUT2D eigenvalue weighted by Crippen LogP contribution is 2.32. The van der Waals surface area contributed by atoms with Crippen molar-refractivity contribution < 1.29 is 19.1 Å². The number of pyridine rings is 1. The molecule has 1 aliphatic rings. The van der Waals surface area contributed by atoms with Gasteiger partial charge in [-0.15, -0.1) is 0 Å². The summed E-state index contributed by atoms with van der Waals surface area (Å²) >= 11 is 0. The predicted octanol–water partition coefficient (Wildman–Crippen LogP) is 2.40. The molecular weight excluding hydrogens is 358 g/mol.